The van der Waals surface area contributed by atoms with Gasteiger partial charge in [-0.25, -0.2) is 0 Å². The van der Waals surface area contributed by atoms with Gasteiger partial charge in [0.2, 0.25) is 0 Å². The number of para-hydroxylation sites is 1. The highest BCUT2D eigenvalue weighted by atomic mass is 15.0. The first-order chi connectivity index (χ1) is 11.1. The van der Waals surface area contributed by atoms with Crippen LogP contribution < -0.4 is 0 Å². The minimum absolute atomic E-state index is 1.29. The molecule has 0 radical (unpaired) electrons. The van der Waals surface area contributed by atoms with Crippen molar-refractivity contribution in [1.29, 1.82) is 0 Å². The second kappa shape index (κ2) is 4.17. The Morgan fingerprint density at radius 2 is 1.13 bits per heavy atom. The Kier molecular flexibility index (Phi) is 2.31. The van der Waals surface area contributed by atoms with E-state index in [1.807, 2.05) is 0 Å². The number of hydrogen-bond acceptors (Lipinski definition) is 0. The highest BCUT2D eigenvalue weighted by Gasteiger charge is 2.13. The quantitative estimate of drug-likeness (QED) is 0.368. The van der Waals surface area contributed by atoms with Gasteiger partial charge in [-0.15, -0.1) is 0 Å². The summed E-state index contributed by atoms with van der Waals surface area (Å²) in [7, 11) is 4.33. The summed E-state index contributed by atoms with van der Waals surface area (Å²) in [5.74, 6) is 0. The van der Waals surface area contributed by atoms with Gasteiger partial charge < -0.3 is 9.13 Å². The molecule has 2 aromatic heterocycles. The molecule has 0 aliphatic carbocycles. The third-order valence-corrected chi connectivity index (χ3v) is 5.20. The fourth-order valence-corrected chi connectivity index (χ4v) is 3.96. The van der Waals surface area contributed by atoms with Crippen LogP contribution in [0.1, 0.15) is 5.56 Å². The molecule has 0 bridgehead atoms. The van der Waals surface area contributed by atoms with E-state index in [1.165, 1.54) is 49.2 Å². The second-order valence-corrected chi connectivity index (χ2v) is 6.54. The Balaban J connectivity index is 2.07. The lowest BCUT2D eigenvalue weighted by Gasteiger charge is -2.00. The number of benzene rings is 3. The van der Waals surface area contributed by atoms with Crippen molar-refractivity contribution in [3.05, 3.63) is 60.2 Å². The maximum atomic E-state index is 2.35. The van der Waals surface area contributed by atoms with Crippen molar-refractivity contribution in [2.75, 3.05) is 0 Å². The molecule has 0 spiro atoms. The van der Waals surface area contributed by atoms with E-state index >= 15 is 0 Å². The third kappa shape index (κ3) is 1.53. The summed E-state index contributed by atoms with van der Waals surface area (Å²) in [5, 5.41) is 5.33. The number of aromatic nitrogens is 2. The van der Waals surface area contributed by atoms with Gasteiger partial charge in [-0.3, -0.25) is 0 Å². The van der Waals surface area contributed by atoms with E-state index < -0.39 is 0 Å². The van der Waals surface area contributed by atoms with Gasteiger partial charge in [0.05, 0.1) is 0 Å². The predicted octanol–water partition coefficient (Wildman–Crippen LogP) is 5.28. The van der Waals surface area contributed by atoms with Crippen LogP contribution in [0.4, 0.5) is 0 Å². The first-order valence-corrected chi connectivity index (χ1v) is 8.01. The number of nitrogens with zero attached hydrogens (tertiary/aromatic N) is 2. The van der Waals surface area contributed by atoms with E-state index in [1.54, 1.807) is 0 Å². The fraction of sp³-hybridized carbons (Fsp3) is 0.143. The van der Waals surface area contributed by atoms with Gasteiger partial charge in [-0.05, 0) is 36.8 Å². The van der Waals surface area contributed by atoms with Gasteiger partial charge >= 0.3 is 0 Å². The maximum Gasteiger partial charge on any atom is 0.0496 e. The molecule has 0 saturated heterocycles. The molecule has 2 nitrogen and oxygen atoms in total. The zero-order chi connectivity index (χ0) is 15.7. The molecule has 5 rings (SSSR count). The van der Waals surface area contributed by atoms with Gasteiger partial charge in [0.25, 0.3) is 0 Å². The van der Waals surface area contributed by atoms with Gasteiger partial charge in [0.15, 0.2) is 0 Å². The van der Waals surface area contributed by atoms with Gasteiger partial charge in [0, 0.05) is 57.7 Å². The Morgan fingerprint density at radius 3 is 1.87 bits per heavy atom. The van der Waals surface area contributed by atoms with Gasteiger partial charge in [-0.1, -0.05) is 30.3 Å². The predicted molar refractivity (Wildman–Crippen MR) is 99.1 cm³/mol. The lowest BCUT2D eigenvalue weighted by molar-refractivity contribution is 1.01. The minimum Gasteiger partial charge on any atom is -0.344 e. The number of hydrogen-bond donors (Lipinski definition) is 0. The van der Waals surface area contributed by atoms with Gasteiger partial charge in [0.1, 0.15) is 0 Å². The molecular formula is C21H18N2. The molecule has 0 amide bonds. The summed E-state index contributed by atoms with van der Waals surface area (Å²) >= 11 is 0. The van der Waals surface area contributed by atoms with Crippen LogP contribution in [-0.4, -0.2) is 9.13 Å². The van der Waals surface area contributed by atoms with E-state index in [2.05, 4.69) is 84.8 Å². The molecule has 0 aliphatic rings. The molecule has 112 valence electrons. The molecule has 0 unspecified atom stereocenters. The fourth-order valence-electron chi connectivity index (χ4n) is 3.96. The molecule has 0 aliphatic heterocycles. The standard InChI is InChI=1S/C21H18N2/c1-13-8-9-15-17-12-20-16(11-21(17)23(3)19(15)10-13)14-6-4-5-7-18(14)22(20)2/h4-12H,1-3H3. The third-order valence-electron chi connectivity index (χ3n) is 5.20. The number of rotatable bonds is 0. The van der Waals surface area contributed by atoms with Crippen molar-refractivity contribution in [1.82, 2.24) is 9.13 Å². The Labute approximate surface area is 134 Å². The number of fused-ring (bicyclic) bond motifs is 6. The van der Waals surface area contributed by atoms with Crippen molar-refractivity contribution in [2.45, 2.75) is 6.92 Å². The van der Waals surface area contributed by atoms with Crippen LogP contribution in [0.3, 0.4) is 0 Å². The monoisotopic (exact) mass is 298 g/mol. The molecular weight excluding hydrogens is 280 g/mol. The molecule has 2 heteroatoms. The van der Waals surface area contributed by atoms with Crippen molar-refractivity contribution in [3.63, 3.8) is 0 Å². The van der Waals surface area contributed by atoms with Crippen molar-refractivity contribution in [2.24, 2.45) is 14.1 Å². The maximum absolute atomic E-state index is 2.35. The first kappa shape index (κ1) is 12.8. The van der Waals surface area contributed by atoms with E-state index in [0.29, 0.717) is 0 Å². The first-order valence-electron chi connectivity index (χ1n) is 8.01. The normalized spacial score (nSPS) is 12.1. The smallest absolute Gasteiger partial charge is 0.0496 e. The molecule has 0 fully saturated rings. The average Bonchev–Trinajstić information content (AvgIpc) is 3.00. The van der Waals surface area contributed by atoms with Crippen LogP contribution in [0.25, 0.3) is 43.6 Å². The highest BCUT2D eigenvalue weighted by molar-refractivity contribution is 6.17. The van der Waals surface area contributed by atoms with Crippen LogP contribution in [0.5, 0.6) is 0 Å². The zero-order valence-corrected chi connectivity index (χ0v) is 13.6. The van der Waals surface area contributed by atoms with Crippen molar-refractivity contribution < 1.29 is 0 Å². The zero-order valence-electron chi connectivity index (χ0n) is 13.6. The summed E-state index contributed by atoms with van der Waals surface area (Å²) in [6.07, 6.45) is 0. The van der Waals surface area contributed by atoms with Crippen LogP contribution in [0, 0.1) is 6.92 Å². The summed E-state index contributed by atoms with van der Waals surface area (Å²) < 4.78 is 4.62. The number of aryl methyl sites for hydroxylation is 3. The highest BCUT2D eigenvalue weighted by Crippen LogP contribution is 2.35. The van der Waals surface area contributed by atoms with Crippen molar-refractivity contribution in [3.8, 4) is 0 Å². The SMILES string of the molecule is Cc1ccc2c3cc4c(cc3n(C)c2c1)c1ccccc1n4C. The van der Waals surface area contributed by atoms with Crippen LogP contribution in [-0.2, 0) is 14.1 Å². The Hall–Kier alpha value is -2.74. The Morgan fingerprint density at radius 1 is 0.565 bits per heavy atom. The lowest BCUT2D eigenvalue weighted by Crippen LogP contribution is -1.88. The largest absolute Gasteiger partial charge is 0.344 e. The van der Waals surface area contributed by atoms with Crippen LogP contribution in [0.15, 0.2) is 54.6 Å². The van der Waals surface area contributed by atoms with Gasteiger partial charge in [-0.2, -0.15) is 0 Å². The minimum atomic E-state index is 1.29. The van der Waals surface area contributed by atoms with Crippen molar-refractivity contribution >= 4 is 43.6 Å². The summed E-state index contributed by atoms with van der Waals surface area (Å²) in [5.41, 5.74) is 6.50. The topological polar surface area (TPSA) is 9.86 Å². The Bertz CT molecular complexity index is 1240. The van der Waals surface area contributed by atoms with E-state index in [-0.39, 0.29) is 0 Å². The van der Waals surface area contributed by atoms with Crippen LogP contribution >= 0.6 is 0 Å². The summed E-state index contributed by atoms with van der Waals surface area (Å²) in [4.78, 5) is 0. The van der Waals surface area contributed by atoms with E-state index in [4.69, 9.17) is 0 Å². The molecule has 3 aromatic carbocycles. The molecule has 5 aromatic rings. The summed E-state index contributed by atoms with van der Waals surface area (Å²) in [6, 6.07) is 20.1. The molecule has 0 saturated carbocycles. The second-order valence-electron chi connectivity index (χ2n) is 6.54. The molecule has 0 N–H and O–H groups in total. The lowest BCUT2D eigenvalue weighted by atomic mass is 10.1. The van der Waals surface area contributed by atoms with E-state index in [9.17, 15) is 0 Å². The summed E-state index contributed by atoms with van der Waals surface area (Å²) in [6.45, 7) is 2.15. The molecule has 23 heavy (non-hydrogen) atoms. The molecule has 0 atom stereocenters. The van der Waals surface area contributed by atoms with E-state index in [0.717, 1.165) is 0 Å². The van der Waals surface area contributed by atoms with Crippen LogP contribution in [0.2, 0.25) is 0 Å². The molecule has 2 heterocycles. The average molecular weight is 298 g/mol.